The molecule has 2 heterocycles. The lowest BCUT2D eigenvalue weighted by Gasteiger charge is -2.12. The molecule has 1 aromatic carbocycles. The maximum absolute atomic E-state index is 5.86. The first-order chi connectivity index (χ1) is 14.7. The third kappa shape index (κ3) is 3.73. The summed E-state index contributed by atoms with van der Waals surface area (Å²) in [6.07, 6.45) is 16.6. The highest BCUT2D eigenvalue weighted by Crippen LogP contribution is 2.39. The van der Waals surface area contributed by atoms with Crippen molar-refractivity contribution in [2.75, 3.05) is 0 Å². The standard InChI is InChI=1S/C25H27N5/c1-16(26)25-29-15-24(30-25)23-14-27-22(13-28-23)19-8-6-18(7-9-19)21-11-10-20(12-21)17-4-2-3-5-17/h6-11,13-17H,2-5,12,26H2,1H3,(H,29,30)/t16-/m0/s1. The molecular weight excluding hydrogens is 370 g/mol. The molecule has 0 aliphatic heterocycles. The average molecular weight is 398 g/mol. The monoisotopic (exact) mass is 397 g/mol. The zero-order chi connectivity index (χ0) is 20.5. The summed E-state index contributed by atoms with van der Waals surface area (Å²) in [5.74, 6) is 1.56. The summed E-state index contributed by atoms with van der Waals surface area (Å²) in [4.78, 5) is 16.7. The zero-order valence-corrected chi connectivity index (χ0v) is 17.3. The Morgan fingerprint density at radius 1 is 0.900 bits per heavy atom. The van der Waals surface area contributed by atoms with Gasteiger partial charge in [-0.05, 0) is 43.2 Å². The molecule has 0 radical (unpaired) electrons. The van der Waals surface area contributed by atoms with Gasteiger partial charge in [-0.15, -0.1) is 0 Å². The third-order valence-corrected chi connectivity index (χ3v) is 6.28. The summed E-state index contributed by atoms with van der Waals surface area (Å²) in [5, 5.41) is 0. The van der Waals surface area contributed by atoms with Gasteiger partial charge < -0.3 is 10.7 Å². The first-order valence-electron chi connectivity index (χ1n) is 10.8. The smallest absolute Gasteiger partial charge is 0.123 e. The Hall–Kier alpha value is -3.05. The molecule has 2 aliphatic rings. The Kier molecular flexibility index (Phi) is 5.05. The minimum absolute atomic E-state index is 0.135. The van der Waals surface area contributed by atoms with Gasteiger partial charge in [0.15, 0.2) is 0 Å². The van der Waals surface area contributed by atoms with Crippen LogP contribution in [0, 0.1) is 5.92 Å². The molecule has 30 heavy (non-hydrogen) atoms. The number of aromatic nitrogens is 4. The zero-order valence-electron chi connectivity index (χ0n) is 17.3. The maximum atomic E-state index is 5.86. The van der Waals surface area contributed by atoms with Gasteiger partial charge in [0.25, 0.3) is 0 Å². The van der Waals surface area contributed by atoms with Crippen molar-refractivity contribution in [3.63, 3.8) is 0 Å². The topological polar surface area (TPSA) is 80.5 Å². The van der Waals surface area contributed by atoms with E-state index in [1.807, 2.05) is 13.1 Å². The molecule has 0 saturated heterocycles. The first kappa shape index (κ1) is 18.9. The molecule has 152 valence electrons. The molecule has 2 aromatic heterocycles. The number of rotatable bonds is 5. The highest BCUT2D eigenvalue weighted by Gasteiger charge is 2.22. The Balaban J connectivity index is 1.27. The van der Waals surface area contributed by atoms with E-state index in [-0.39, 0.29) is 6.04 Å². The number of H-pyrrole nitrogens is 1. The minimum Gasteiger partial charge on any atom is -0.339 e. The van der Waals surface area contributed by atoms with E-state index in [1.54, 1.807) is 18.0 Å². The summed E-state index contributed by atoms with van der Waals surface area (Å²) < 4.78 is 0. The first-order valence-corrected chi connectivity index (χ1v) is 10.8. The summed E-state index contributed by atoms with van der Waals surface area (Å²) in [5.41, 5.74) is 13.7. The lowest BCUT2D eigenvalue weighted by atomic mass is 9.93. The highest BCUT2D eigenvalue weighted by atomic mass is 15.0. The van der Waals surface area contributed by atoms with Gasteiger partial charge in [0, 0.05) is 5.56 Å². The number of hydrogen-bond acceptors (Lipinski definition) is 4. The Labute approximate surface area is 177 Å². The fourth-order valence-corrected chi connectivity index (χ4v) is 4.49. The molecular formula is C25H27N5. The molecule has 2 aliphatic carbocycles. The van der Waals surface area contributed by atoms with Crippen LogP contribution < -0.4 is 5.73 Å². The Bertz CT molecular complexity index is 1080. The van der Waals surface area contributed by atoms with E-state index in [4.69, 9.17) is 5.73 Å². The van der Waals surface area contributed by atoms with Crippen molar-refractivity contribution in [1.82, 2.24) is 19.9 Å². The van der Waals surface area contributed by atoms with E-state index in [0.29, 0.717) is 0 Å². The molecule has 0 amide bonds. The normalized spacial score (nSPS) is 17.8. The predicted molar refractivity (Wildman–Crippen MR) is 120 cm³/mol. The number of nitrogens with zero attached hydrogens (tertiary/aromatic N) is 3. The van der Waals surface area contributed by atoms with Crippen molar-refractivity contribution in [3.8, 4) is 22.6 Å². The summed E-state index contributed by atoms with van der Waals surface area (Å²) in [6, 6.07) is 8.54. The summed E-state index contributed by atoms with van der Waals surface area (Å²) in [6.45, 7) is 1.90. The van der Waals surface area contributed by atoms with Crippen LogP contribution in [-0.4, -0.2) is 19.9 Å². The molecule has 0 unspecified atom stereocenters. The highest BCUT2D eigenvalue weighted by molar-refractivity contribution is 5.74. The van der Waals surface area contributed by atoms with Crippen molar-refractivity contribution in [2.24, 2.45) is 11.7 Å². The molecule has 5 heteroatoms. The molecule has 0 spiro atoms. The van der Waals surface area contributed by atoms with E-state index in [2.05, 4.69) is 56.4 Å². The molecule has 3 N–H and O–H groups in total. The van der Waals surface area contributed by atoms with Crippen LogP contribution in [0.4, 0.5) is 0 Å². The van der Waals surface area contributed by atoms with Crippen LogP contribution in [0.1, 0.15) is 56.5 Å². The van der Waals surface area contributed by atoms with E-state index in [0.717, 1.165) is 40.8 Å². The van der Waals surface area contributed by atoms with E-state index >= 15 is 0 Å². The van der Waals surface area contributed by atoms with Crippen LogP contribution >= 0.6 is 0 Å². The van der Waals surface area contributed by atoms with E-state index < -0.39 is 0 Å². The number of aromatic amines is 1. The quantitative estimate of drug-likeness (QED) is 0.599. The van der Waals surface area contributed by atoms with Gasteiger partial charge in [-0.3, -0.25) is 9.97 Å². The lowest BCUT2D eigenvalue weighted by molar-refractivity contribution is 0.634. The van der Waals surface area contributed by atoms with Crippen molar-refractivity contribution in [3.05, 3.63) is 72.0 Å². The average Bonchev–Trinajstić information content (AvgIpc) is 3.55. The van der Waals surface area contributed by atoms with Crippen LogP contribution in [0.25, 0.3) is 28.2 Å². The molecule has 1 saturated carbocycles. The SMILES string of the molecule is C[C@H](N)c1ncc(-c2cnc(-c3ccc(C4=CC=C(C5CCCC5)C4)cc3)cn2)[nH]1. The number of benzene rings is 1. The van der Waals surface area contributed by atoms with Gasteiger partial charge in [0.05, 0.1) is 36.0 Å². The molecule has 1 atom stereocenters. The number of imidazole rings is 1. The van der Waals surface area contributed by atoms with Gasteiger partial charge in [0.2, 0.25) is 0 Å². The fourth-order valence-electron chi connectivity index (χ4n) is 4.49. The van der Waals surface area contributed by atoms with Gasteiger partial charge in [-0.25, -0.2) is 4.98 Å². The molecule has 1 fully saturated rings. The fraction of sp³-hybridized carbons (Fsp3) is 0.320. The molecule has 5 rings (SSSR count). The van der Waals surface area contributed by atoms with Crippen molar-refractivity contribution < 1.29 is 0 Å². The second kappa shape index (κ2) is 8.00. The largest absolute Gasteiger partial charge is 0.339 e. The number of allylic oxidation sites excluding steroid dienone is 4. The Morgan fingerprint density at radius 3 is 2.27 bits per heavy atom. The number of nitrogens with two attached hydrogens (primary N) is 1. The van der Waals surface area contributed by atoms with Crippen molar-refractivity contribution >= 4 is 5.57 Å². The van der Waals surface area contributed by atoms with Crippen LogP contribution in [0.15, 0.2) is 60.6 Å². The number of hydrogen-bond donors (Lipinski definition) is 2. The van der Waals surface area contributed by atoms with Gasteiger partial charge in [0.1, 0.15) is 11.5 Å². The van der Waals surface area contributed by atoms with E-state index in [9.17, 15) is 0 Å². The van der Waals surface area contributed by atoms with Crippen LogP contribution in [0.2, 0.25) is 0 Å². The molecule has 3 aromatic rings. The Morgan fingerprint density at radius 2 is 1.60 bits per heavy atom. The van der Waals surface area contributed by atoms with Crippen molar-refractivity contribution in [1.29, 1.82) is 0 Å². The summed E-state index contributed by atoms with van der Waals surface area (Å²) in [7, 11) is 0. The van der Waals surface area contributed by atoms with Crippen molar-refractivity contribution in [2.45, 2.75) is 45.1 Å². The van der Waals surface area contributed by atoms with Gasteiger partial charge in [-0.2, -0.15) is 0 Å². The van der Waals surface area contributed by atoms with Crippen LogP contribution in [0.5, 0.6) is 0 Å². The van der Waals surface area contributed by atoms with Crippen LogP contribution in [0.3, 0.4) is 0 Å². The minimum atomic E-state index is -0.135. The second-order valence-corrected chi connectivity index (χ2v) is 8.43. The maximum Gasteiger partial charge on any atom is 0.123 e. The molecule has 0 bridgehead atoms. The predicted octanol–water partition coefficient (Wildman–Crippen LogP) is 5.46. The summed E-state index contributed by atoms with van der Waals surface area (Å²) >= 11 is 0. The van der Waals surface area contributed by atoms with Gasteiger partial charge >= 0.3 is 0 Å². The second-order valence-electron chi connectivity index (χ2n) is 8.43. The lowest BCUT2D eigenvalue weighted by Crippen LogP contribution is -2.06. The van der Waals surface area contributed by atoms with E-state index in [1.165, 1.54) is 36.8 Å². The third-order valence-electron chi connectivity index (χ3n) is 6.28. The number of nitrogens with one attached hydrogen (secondary N) is 1. The van der Waals surface area contributed by atoms with Crippen LogP contribution in [-0.2, 0) is 0 Å². The molecule has 5 nitrogen and oxygen atoms in total. The van der Waals surface area contributed by atoms with Gasteiger partial charge in [-0.1, -0.05) is 54.8 Å².